The van der Waals surface area contributed by atoms with Crippen LogP contribution in [0.1, 0.15) is 19.3 Å². The molecule has 7 nitrogen and oxygen atoms in total. The molecule has 0 amide bonds. The molecule has 2 saturated heterocycles. The molecule has 2 atom stereocenters. The second-order valence-corrected chi connectivity index (χ2v) is 8.78. The molecule has 0 radical (unpaired) electrons. The van der Waals surface area contributed by atoms with E-state index in [1.54, 1.807) is 36.6 Å². The molecule has 2 aliphatic heterocycles. The molecule has 1 aromatic heterocycles. The van der Waals surface area contributed by atoms with Crippen molar-refractivity contribution in [2.45, 2.75) is 36.2 Å². The third-order valence-corrected chi connectivity index (χ3v) is 7.23. The topological polar surface area (TPSA) is 76.3 Å². The molecule has 0 aliphatic carbocycles. The number of benzene rings is 1. The van der Waals surface area contributed by atoms with E-state index in [0.29, 0.717) is 24.6 Å². The van der Waals surface area contributed by atoms with Gasteiger partial charge in [0.05, 0.1) is 15.9 Å². The largest absolute Gasteiger partial charge is 0.328 e. The van der Waals surface area contributed by atoms with Gasteiger partial charge in [-0.1, -0.05) is 0 Å². The van der Waals surface area contributed by atoms with Crippen molar-refractivity contribution in [3.8, 4) is 0 Å². The molecule has 1 N–H and O–H groups in total. The average molecular weight is 387 g/mol. The minimum absolute atomic E-state index is 0. The molecule has 2 aromatic rings. The van der Waals surface area contributed by atoms with Crippen molar-refractivity contribution in [2.75, 3.05) is 13.1 Å². The Kier molecular flexibility index (Phi) is 4.74. The summed E-state index contributed by atoms with van der Waals surface area (Å²) in [5, 5.41) is 3.50. The maximum Gasteiger partial charge on any atom is 0.328 e. The van der Waals surface area contributed by atoms with Gasteiger partial charge in [-0.25, -0.2) is 13.2 Å². The van der Waals surface area contributed by atoms with Crippen LogP contribution >= 0.6 is 12.4 Å². The van der Waals surface area contributed by atoms with Crippen molar-refractivity contribution >= 4 is 33.5 Å². The number of nitrogens with one attached hydrogen (secondary N) is 1. The standard InChI is InChI=1S/C16H22N4O3S.ClH/c1-18-14-6-5-13(9-15(14)19(2)16(18)21)24(22,23)20-8-7-11-3-4-12(10-20)17-11;/h5-6,9,11-12,17H,3-4,7-8,10H2,1-2H3;1H. The van der Waals surface area contributed by atoms with Crippen molar-refractivity contribution in [1.82, 2.24) is 18.8 Å². The van der Waals surface area contributed by atoms with Gasteiger partial charge in [-0.15, -0.1) is 12.4 Å². The zero-order valence-corrected chi connectivity index (χ0v) is 15.9. The molecular formula is C16H23ClN4O3S. The summed E-state index contributed by atoms with van der Waals surface area (Å²) in [6.45, 7) is 1.06. The fourth-order valence-electron chi connectivity index (χ4n) is 3.93. The summed E-state index contributed by atoms with van der Waals surface area (Å²) >= 11 is 0. The Labute approximate surface area is 153 Å². The molecular weight excluding hydrogens is 364 g/mol. The average Bonchev–Trinajstić information content (AvgIpc) is 2.99. The van der Waals surface area contributed by atoms with Crippen molar-refractivity contribution in [3.05, 3.63) is 28.7 Å². The van der Waals surface area contributed by atoms with Gasteiger partial charge >= 0.3 is 5.69 Å². The second-order valence-electron chi connectivity index (χ2n) is 6.84. The number of hydrogen-bond acceptors (Lipinski definition) is 4. The molecule has 2 unspecified atom stereocenters. The monoisotopic (exact) mass is 386 g/mol. The Morgan fingerprint density at radius 2 is 1.72 bits per heavy atom. The fourth-order valence-corrected chi connectivity index (χ4v) is 5.45. The second kappa shape index (κ2) is 6.42. The highest BCUT2D eigenvalue weighted by Gasteiger charge is 2.35. The highest BCUT2D eigenvalue weighted by atomic mass is 35.5. The molecule has 9 heteroatoms. The fraction of sp³-hybridized carbons (Fsp3) is 0.562. The first-order valence-electron chi connectivity index (χ1n) is 8.29. The minimum atomic E-state index is -3.55. The maximum absolute atomic E-state index is 13.1. The number of nitrogens with zero attached hydrogens (tertiary/aromatic N) is 3. The summed E-state index contributed by atoms with van der Waals surface area (Å²) in [5.41, 5.74) is 1.21. The molecule has 2 bridgehead atoms. The van der Waals surface area contributed by atoms with Crippen LogP contribution < -0.4 is 11.0 Å². The van der Waals surface area contributed by atoms with Gasteiger partial charge in [0.1, 0.15) is 0 Å². The zero-order valence-electron chi connectivity index (χ0n) is 14.3. The minimum Gasteiger partial charge on any atom is -0.310 e. The first-order valence-corrected chi connectivity index (χ1v) is 9.73. The van der Waals surface area contributed by atoms with Crippen LogP contribution in [0, 0.1) is 0 Å². The molecule has 2 aliphatic rings. The van der Waals surface area contributed by atoms with Crippen molar-refractivity contribution in [2.24, 2.45) is 14.1 Å². The van der Waals surface area contributed by atoms with Crippen LogP contribution in [0.3, 0.4) is 0 Å². The molecule has 1 aromatic carbocycles. The zero-order chi connectivity index (χ0) is 17.1. The Morgan fingerprint density at radius 3 is 2.48 bits per heavy atom. The van der Waals surface area contributed by atoms with Crippen molar-refractivity contribution in [1.29, 1.82) is 0 Å². The lowest BCUT2D eigenvalue weighted by Gasteiger charge is -2.23. The number of rotatable bonds is 2. The Hall–Kier alpha value is -1.35. The van der Waals surface area contributed by atoms with E-state index in [2.05, 4.69) is 5.32 Å². The van der Waals surface area contributed by atoms with Crippen molar-refractivity contribution in [3.63, 3.8) is 0 Å². The number of halogens is 1. The van der Waals surface area contributed by atoms with E-state index in [9.17, 15) is 13.2 Å². The van der Waals surface area contributed by atoms with Crippen LogP contribution in [0.4, 0.5) is 0 Å². The number of sulfonamides is 1. The van der Waals surface area contributed by atoms with Gasteiger partial charge in [-0.05, 0) is 37.5 Å². The van der Waals surface area contributed by atoms with Crippen LogP contribution in [0.15, 0.2) is 27.9 Å². The van der Waals surface area contributed by atoms with Crippen LogP contribution in [-0.2, 0) is 24.1 Å². The Balaban J connectivity index is 0.00000182. The van der Waals surface area contributed by atoms with Crippen LogP contribution in [0.2, 0.25) is 0 Å². The third-order valence-electron chi connectivity index (χ3n) is 5.37. The van der Waals surface area contributed by atoms with Gasteiger partial charge in [0, 0.05) is 39.3 Å². The number of imidazole rings is 1. The van der Waals surface area contributed by atoms with E-state index in [0.717, 1.165) is 24.8 Å². The predicted octanol–water partition coefficient (Wildman–Crippen LogP) is 0.814. The Morgan fingerprint density at radius 1 is 1.04 bits per heavy atom. The molecule has 138 valence electrons. The summed E-state index contributed by atoms with van der Waals surface area (Å²) in [7, 11) is -0.198. The van der Waals surface area contributed by atoms with Gasteiger partial charge in [-0.2, -0.15) is 4.31 Å². The van der Waals surface area contributed by atoms with E-state index in [1.807, 2.05) is 0 Å². The van der Waals surface area contributed by atoms with Gasteiger partial charge in [0.15, 0.2) is 0 Å². The lowest BCUT2D eigenvalue weighted by molar-refractivity contribution is 0.383. The smallest absolute Gasteiger partial charge is 0.310 e. The predicted molar refractivity (Wildman–Crippen MR) is 98.7 cm³/mol. The van der Waals surface area contributed by atoms with Gasteiger partial charge in [0.25, 0.3) is 0 Å². The van der Waals surface area contributed by atoms with E-state index >= 15 is 0 Å². The quantitative estimate of drug-likeness (QED) is 0.828. The van der Waals surface area contributed by atoms with Gasteiger partial charge < -0.3 is 5.32 Å². The van der Waals surface area contributed by atoms with Crippen LogP contribution in [0.25, 0.3) is 11.0 Å². The number of fused-ring (bicyclic) bond motifs is 3. The molecule has 2 fully saturated rings. The highest BCUT2D eigenvalue weighted by Crippen LogP contribution is 2.26. The summed E-state index contributed by atoms with van der Waals surface area (Å²) in [4.78, 5) is 12.3. The summed E-state index contributed by atoms with van der Waals surface area (Å²) in [6, 6.07) is 5.62. The van der Waals surface area contributed by atoms with E-state index in [1.165, 1.54) is 9.13 Å². The van der Waals surface area contributed by atoms with Crippen LogP contribution in [-0.4, -0.2) is 47.0 Å². The molecule has 3 heterocycles. The number of hydrogen-bond donors (Lipinski definition) is 1. The van der Waals surface area contributed by atoms with Gasteiger partial charge in [0.2, 0.25) is 10.0 Å². The maximum atomic E-state index is 13.1. The number of aryl methyl sites for hydroxylation is 2. The lowest BCUT2D eigenvalue weighted by Crippen LogP contribution is -2.39. The lowest BCUT2D eigenvalue weighted by atomic mass is 10.1. The first-order chi connectivity index (χ1) is 11.4. The normalized spacial score (nSPS) is 24.2. The van der Waals surface area contributed by atoms with E-state index < -0.39 is 10.0 Å². The summed E-state index contributed by atoms with van der Waals surface area (Å²) in [6.07, 6.45) is 3.02. The molecule has 0 saturated carbocycles. The highest BCUT2D eigenvalue weighted by molar-refractivity contribution is 7.89. The summed E-state index contributed by atoms with van der Waals surface area (Å²) in [5.74, 6) is 0. The van der Waals surface area contributed by atoms with E-state index in [-0.39, 0.29) is 29.0 Å². The van der Waals surface area contributed by atoms with E-state index in [4.69, 9.17) is 0 Å². The number of aromatic nitrogens is 2. The Bertz CT molecular complexity index is 966. The SMILES string of the molecule is Cl.Cn1c(=O)n(C)c2cc(S(=O)(=O)N3CCC4CCC(C3)N4)ccc21. The first kappa shape index (κ1) is 18.4. The van der Waals surface area contributed by atoms with Crippen molar-refractivity contribution < 1.29 is 8.42 Å². The third kappa shape index (κ3) is 2.91. The molecule has 4 rings (SSSR count). The molecule has 0 spiro atoms. The van der Waals surface area contributed by atoms with Crippen LogP contribution in [0.5, 0.6) is 0 Å². The summed E-state index contributed by atoms with van der Waals surface area (Å²) < 4.78 is 30.7. The van der Waals surface area contributed by atoms with Gasteiger partial charge in [-0.3, -0.25) is 9.13 Å². The molecule has 25 heavy (non-hydrogen) atoms.